The van der Waals surface area contributed by atoms with Crippen LogP contribution in [0.25, 0.3) is 0 Å². The number of fused-ring (bicyclic) bond motifs is 2. The predicted molar refractivity (Wildman–Crippen MR) is 73.8 cm³/mol. The van der Waals surface area contributed by atoms with Gasteiger partial charge in [0.1, 0.15) is 0 Å². The van der Waals surface area contributed by atoms with Gasteiger partial charge in [0.15, 0.2) is 0 Å². The van der Waals surface area contributed by atoms with E-state index in [0.29, 0.717) is 6.10 Å². The highest BCUT2D eigenvalue weighted by atomic mass is 16.5. The van der Waals surface area contributed by atoms with E-state index in [4.69, 9.17) is 4.74 Å². The van der Waals surface area contributed by atoms with Gasteiger partial charge in [0.05, 0.1) is 6.10 Å². The lowest BCUT2D eigenvalue weighted by Gasteiger charge is -2.50. The highest BCUT2D eigenvalue weighted by Crippen LogP contribution is 2.34. The molecule has 3 heterocycles. The van der Waals surface area contributed by atoms with Crippen LogP contribution in [0.1, 0.15) is 51.4 Å². The molecule has 3 aliphatic heterocycles. The van der Waals surface area contributed by atoms with Crippen molar-refractivity contribution in [2.45, 2.75) is 75.6 Å². The molecule has 0 aromatic heterocycles. The van der Waals surface area contributed by atoms with Crippen molar-refractivity contribution >= 4 is 0 Å². The summed E-state index contributed by atoms with van der Waals surface area (Å²) in [6.45, 7) is 2.19. The fourth-order valence-electron chi connectivity index (χ4n) is 4.20. The summed E-state index contributed by atoms with van der Waals surface area (Å²) in [7, 11) is 2.13. The molecule has 1 N–H and O–H groups in total. The second kappa shape index (κ2) is 5.89. The summed E-state index contributed by atoms with van der Waals surface area (Å²) < 4.78 is 5.94. The molecule has 3 heteroatoms. The molecule has 104 valence electrons. The van der Waals surface area contributed by atoms with Gasteiger partial charge in [-0.3, -0.25) is 4.90 Å². The quantitative estimate of drug-likeness (QED) is 0.833. The van der Waals surface area contributed by atoms with E-state index in [2.05, 4.69) is 17.3 Å². The van der Waals surface area contributed by atoms with Crippen molar-refractivity contribution in [3.05, 3.63) is 0 Å². The van der Waals surface area contributed by atoms with E-state index >= 15 is 0 Å². The van der Waals surface area contributed by atoms with Crippen LogP contribution in [0.3, 0.4) is 0 Å². The average Bonchev–Trinajstić information content (AvgIpc) is 2.39. The molecule has 3 nitrogen and oxygen atoms in total. The lowest BCUT2D eigenvalue weighted by atomic mass is 9.81. The molecule has 0 radical (unpaired) electrons. The summed E-state index contributed by atoms with van der Waals surface area (Å²) in [5, 5.41) is 3.50. The van der Waals surface area contributed by atoms with E-state index in [0.717, 1.165) is 24.7 Å². The Hall–Kier alpha value is -0.120. The van der Waals surface area contributed by atoms with Gasteiger partial charge < -0.3 is 10.1 Å². The average molecular weight is 252 g/mol. The van der Waals surface area contributed by atoms with Gasteiger partial charge in [-0.2, -0.15) is 0 Å². The van der Waals surface area contributed by atoms with Gasteiger partial charge in [0.2, 0.25) is 0 Å². The lowest BCUT2D eigenvalue weighted by molar-refractivity contribution is -0.0509. The van der Waals surface area contributed by atoms with Gasteiger partial charge >= 0.3 is 0 Å². The molecule has 0 aromatic rings. The van der Waals surface area contributed by atoms with E-state index in [9.17, 15) is 0 Å². The molecule has 18 heavy (non-hydrogen) atoms. The van der Waals surface area contributed by atoms with E-state index in [-0.39, 0.29) is 0 Å². The number of ether oxygens (including phenoxy) is 1. The van der Waals surface area contributed by atoms with E-state index in [1.54, 1.807) is 0 Å². The van der Waals surface area contributed by atoms with Gasteiger partial charge in [0, 0.05) is 31.3 Å². The van der Waals surface area contributed by atoms with Gasteiger partial charge in [-0.25, -0.2) is 0 Å². The molecular formula is C15H28N2O. The monoisotopic (exact) mass is 252 g/mol. The highest BCUT2D eigenvalue weighted by Gasteiger charge is 2.38. The Balaban J connectivity index is 1.60. The summed E-state index contributed by atoms with van der Waals surface area (Å²) in [4.78, 5) is 2.80. The number of hydrogen-bond donors (Lipinski definition) is 1. The molecule has 0 spiro atoms. The summed E-state index contributed by atoms with van der Waals surface area (Å²) in [5.74, 6) is 0. The van der Waals surface area contributed by atoms with E-state index < -0.39 is 0 Å². The van der Waals surface area contributed by atoms with Crippen molar-refractivity contribution in [2.75, 3.05) is 20.2 Å². The van der Waals surface area contributed by atoms with E-state index in [1.807, 2.05) is 0 Å². The molecule has 3 rings (SSSR count). The lowest BCUT2D eigenvalue weighted by Crippen LogP contribution is -2.57. The Kier molecular flexibility index (Phi) is 4.22. The fraction of sp³-hybridized carbons (Fsp3) is 1.00. The standard InChI is InChI=1S/C15H28N2O/c1-16-12-9-13-5-4-6-14(10-12)17(13)11-15-7-2-3-8-18-15/h12-16H,2-11H2,1H3. The third-order valence-corrected chi connectivity index (χ3v) is 5.22. The Labute approximate surface area is 111 Å². The van der Waals surface area contributed by atoms with Crippen molar-refractivity contribution in [2.24, 2.45) is 0 Å². The third-order valence-electron chi connectivity index (χ3n) is 5.22. The smallest absolute Gasteiger partial charge is 0.0702 e. The number of nitrogens with one attached hydrogen (secondary N) is 1. The summed E-state index contributed by atoms with van der Waals surface area (Å²) in [5.41, 5.74) is 0. The van der Waals surface area contributed by atoms with Crippen LogP contribution in [0.2, 0.25) is 0 Å². The minimum absolute atomic E-state index is 0.521. The summed E-state index contributed by atoms with van der Waals surface area (Å²) in [6.07, 6.45) is 11.4. The summed E-state index contributed by atoms with van der Waals surface area (Å²) in [6, 6.07) is 2.39. The largest absolute Gasteiger partial charge is 0.377 e. The second-order valence-corrected chi connectivity index (χ2v) is 6.38. The normalized spacial score (nSPS) is 41.8. The van der Waals surface area contributed by atoms with Crippen LogP contribution in [0, 0.1) is 0 Å². The van der Waals surface area contributed by atoms with Crippen molar-refractivity contribution in [3.8, 4) is 0 Å². The number of hydrogen-bond acceptors (Lipinski definition) is 3. The Bertz CT molecular complexity index is 251. The fourth-order valence-corrected chi connectivity index (χ4v) is 4.20. The minimum Gasteiger partial charge on any atom is -0.377 e. The Morgan fingerprint density at radius 2 is 1.83 bits per heavy atom. The maximum atomic E-state index is 5.94. The zero-order chi connectivity index (χ0) is 12.4. The maximum Gasteiger partial charge on any atom is 0.0702 e. The van der Waals surface area contributed by atoms with Gasteiger partial charge in [-0.05, 0) is 52.0 Å². The van der Waals surface area contributed by atoms with Crippen LogP contribution >= 0.6 is 0 Å². The van der Waals surface area contributed by atoms with Crippen molar-refractivity contribution in [3.63, 3.8) is 0 Å². The molecule has 3 aliphatic rings. The first-order valence-corrected chi connectivity index (χ1v) is 7.91. The van der Waals surface area contributed by atoms with Crippen LogP contribution in [0.5, 0.6) is 0 Å². The molecule has 3 saturated heterocycles. The maximum absolute atomic E-state index is 5.94. The SMILES string of the molecule is CNC1CC2CCCC(C1)N2CC1CCCCO1. The first-order chi connectivity index (χ1) is 8.86. The van der Waals surface area contributed by atoms with Crippen molar-refractivity contribution in [1.29, 1.82) is 0 Å². The minimum atomic E-state index is 0.521. The zero-order valence-electron chi connectivity index (χ0n) is 11.7. The van der Waals surface area contributed by atoms with Gasteiger partial charge in [-0.15, -0.1) is 0 Å². The van der Waals surface area contributed by atoms with E-state index in [1.165, 1.54) is 57.9 Å². The topological polar surface area (TPSA) is 24.5 Å². The van der Waals surface area contributed by atoms with Gasteiger partial charge in [-0.1, -0.05) is 6.42 Å². The molecule has 3 unspecified atom stereocenters. The van der Waals surface area contributed by atoms with Crippen molar-refractivity contribution < 1.29 is 4.74 Å². The molecular weight excluding hydrogens is 224 g/mol. The van der Waals surface area contributed by atoms with Crippen LogP contribution in [-0.4, -0.2) is 49.3 Å². The van der Waals surface area contributed by atoms with Crippen LogP contribution in [0.4, 0.5) is 0 Å². The number of nitrogens with zero attached hydrogens (tertiary/aromatic N) is 1. The molecule has 0 aliphatic carbocycles. The predicted octanol–water partition coefficient (Wildman–Crippen LogP) is 2.16. The van der Waals surface area contributed by atoms with Crippen molar-refractivity contribution in [1.82, 2.24) is 10.2 Å². The number of rotatable bonds is 3. The zero-order valence-corrected chi connectivity index (χ0v) is 11.7. The molecule has 0 saturated carbocycles. The van der Waals surface area contributed by atoms with Crippen LogP contribution in [0.15, 0.2) is 0 Å². The van der Waals surface area contributed by atoms with Crippen LogP contribution < -0.4 is 5.32 Å². The van der Waals surface area contributed by atoms with Gasteiger partial charge in [0.25, 0.3) is 0 Å². The molecule has 3 fully saturated rings. The number of piperidine rings is 2. The summed E-state index contributed by atoms with van der Waals surface area (Å²) >= 11 is 0. The Morgan fingerprint density at radius 1 is 1.06 bits per heavy atom. The van der Waals surface area contributed by atoms with Crippen LogP contribution in [-0.2, 0) is 4.74 Å². The highest BCUT2D eigenvalue weighted by molar-refractivity contribution is 4.95. The molecule has 0 amide bonds. The first-order valence-electron chi connectivity index (χ1n) is 7.91. The molecule has 0 aromatic carbocycles. The second-order valence-electron chi connectivity index (χ2n) is 6.38. The third kappa shape index (κ3) is 2.73. The molecule has 2 bridgehead atoms. The first kappa shape index (κ1) is 12.9. The Morgan fingerprint density at radius 3 is 2.44 bits per heavy atom. The molecule has 3 atom stereocenters.